The minimum atomic E-state index is 0.636. The Kier molecular flexibility index (Phi) is 6.09. The summed E-state index contributed by atoms with van der Waals surface area (Å²) in [6.07, 6.45) is 10.2. The van der Waals surface area contributed by atoms with E-state index in [0.717, 1.165) is 12.4 Å². The van der Waals surface area contributed by atoms with Crippen LogP contribution in [0.2, 0.25) is 0 Å². The van der Waals surface area contributed by atoms with Crippen molar-refractivity contribution in [3.63, 3.8) is 0 Å². The third kappa shape index (κ3) is 4.98. The fourth-order valence-corrected chi connectivity index (χ4v) is 1.51. The molecule has 86 valence electrons. The molecule has 0 aromatic carbocycles. The molecular formula is C12H22N2O. The van der Waals surface area contributed by atoms with Gasteiger partial charge in [0.15, 0.2) is 0 Å². The van der Waals surface area contributed by atoms with Crippen LogP contribution in [0.1, 0.15) is 44.9 Å². The first-order chi connectivity index (χ1) is 7.34. The SMILES string of the molecule is CCCCCCCOCc1nccn1C. The van der Waals surface area contributed by atoms with Crippen LogP contribution in [0.5, 0.6) is 0 Å². The van der Waals surface area contributed by atoms with E-state index in [9.17, 15) is 0 Å². The molecule has 0 aliphatic heterocycles. The van der Waals surface area contributed by atoms with Gasteiger partial charge in [0.1, 0.15) is 12.4 Å². The number of aromatic nitrogens is 2. The average molecular weight is 210 g/mol. The van der Waals surface area contributed by atoms with Crippen molar-refractivity contribution in [2.45, 2.75) is 45.6 Å². The van der Waals surface area contributed by atoms with Gasteiger partial charge in [-0.2, -0.15) is 0 Å². The Bertz CT molecular complexity index is 258. The molecular weight excluding hydrogens is 188 g/mol. The van der Waals surface area contributed by atoms with Gasteiger partial charge in [0.25, 0.3) is 0 Å². The topological polar surface area (TPSA) is 27.1 Å². The number of unbranched alkanes of at least 4 members (excludes halogenated alkanes) is 4. The zero-order valence-corrected chi connectivity index (χ0v) is 9.91. The van der Waals surface area contributed by atoms with Gasteiger partial charge >= 0.3 is 0 Å². The van der Waals surface area contributed by atoms with Gasteiger partial charge in [-0.3, -0.25) is 0 Å². The summed E-state index contributed by atoms with van der Waals surface area (Å²) < 4.78 is 7.55. The van der Waals surface area contributed by atoms with E-state index in [1.807, 2.05) is 17.8 Å². The van der Waals surface area contributed by atoms with E-state index < -0.39 is 0 Å². The van der Waals surface area contributed by atoms with Crippen LogP contribution in [0.25, 0.3) is 0 Å². The largest absolute Gasteiger partial charge is 0.374 e. The number of hydrogen-bond donors (Lipinski definition) is 0. The molecule has 1 aromatic heterocycles. The molecule has 0 N–H and O–H groups in total. The quantitative estimate of drug-likeness (QED) is 0.617. The molecule has 1 rings (SSSR count). The summed E-state index contributed by atoms with van der Waals surface area (Å²) in [5.74, 6) is 1.00. The Hall–Kier alpha value is -0.830. The molecule has 0 radical (unpaired) electrons. The number of nitrogens with zero attached hydrogens (tertiary/aromatic N) is 2. The highest BCUT2D eigenvalue weighted by Gasteiger charge is 1.98. The molecule has 0 bridgehead atoms. The Morgan fingerprint density at radius 1 is 1.27 bits per heavy atom. The molecule has 0 amide bonds. The Labute approximate surface area is 92.5 Å². The monoisotopic (exact) mass is 210 g/mol. The van der Waals surface area contributed by atoms with E-state index >= 15 is 0 Å². The van der Waals surface area contributed by atoms with Crippen LogP contribution in [-0.4, -0.2) is 16.2 Å². The summed E-state index contributed by atoms with van der Waals surface area (Å²) in [6.45, 7) is 3.73. The van der Waals surface area contributed by atoms with E-state index in [1.165, 1.54) is 32.1 Å². The highest BCUT2D eigenvalue weighted by atomic mass is 16.5. The molecule has 0 fully saturated rings. The summed E-state index contributed by atoms with van der Waals surface area (Å²) in [6, 6.07) is 0. The van der Waals surface area contributed by atoms with Crippen LogP contribution < -0.4 is 0 Å². The van der Waals surface area contributed by atoms with Gasteiger partial charge < -0.3 is 9.30 Å². The molecule has 1 heterocycles. The van der Waals surface area contributed by atoms with Gasteiger partial charge in [-0.1, -0.05) is 32.6 Å². The molecule has 3 nitrogen and oxygen atoms in total. The highest BCUT2D eigenvalue weighted by Crippen LogP contribution is 2.03. The molecule has 0 aliphatic rings. The molecule has 0 atom stereocenters. The fraction of sp³-hybridized carbons (Fsp3) is 0.750. The van der Waals surface area contributed by atoms with Crippen molar-refractivity contribution in [3.8, 4) is 0 Å². The number of hydrogen-bond acceptors (Lipinski definition) is 2. The third-order valence-corrected chi connectivity index (χ3v) is 2.54. The van der Waals surface area contributed by atoms with E-state index in [-0.39, 0.29) is 0 Å². The molecule has 0 saturated carbocycles. The van der Waals surface area contributed by atoms with Crippen molar-refractivity contribution < 1.29 is 4.74 Å². The lowest BCUT2D eigenvalue weighted by molar-refractivity contribution is 0.110. The Balaban J connectivity index is 1.96. The maximum Gasteiger partial charge on any atom is 0.134 e. The second-order valence-corrected chi connectivity index (χ2v) is 3.92. The van der Waals surface area contributed by atoms with Crippen molar-refractivity contribution in [1.29, 1.82) is 0 Å². The lowest BCUT2D eigenvalue weighted by Crippen LogP contribution is -2.02. The normalized spacial score (nSPS) is 10.8. The van der Waals surface area contributed by atoms with Crippen molar-refractivity contribution >= 4 is 0 Å². The first-order valence-corrected chi connectivity index (χ1v) is 5.88. The minimum Gasteiger partial charge on any atom is -0.374 e. The second kappa shape index (κ2) is 7.46. The van der Waals surface area contributed by atoms with Crippen molar-refractivity contribution in [2.24, 2.45) is 7.05 Å². The number of rotatable bonds is 8. The zero-order valence-electron chi connectivity index (χ0n) is 9.91. The van der Waals surface area contributed by atoms with E-state index in [4.69, 9.17) is 4.74 Å². The maximum absolute atomic E-state index is 5.56. The summed E-state index contributed by atoms with van der Waals surface area (Å²) in [7, 11) is 1.99. The zero-order chi connectivity index (χ0) is 10.9. The summed E-state index contributed by atoms with van der Waals surface area (Å²) >= 11 is 0. The molecule has 0 spiro atoms. The van der Waals surface area contributed by atoms with E-state index in [1.54, 1.807) is 6.20 Å². The summed E-state index contributed by atoms with van der Waals surface area (Å²) in [4.78, 5) is 4.20. The van der Waals surface area contributed by atoms with E-state index in [2.05, 4.69) is 11.9 Å². The second-order valence-electron chi connectivity index (χ2n) is 3.92. The molecule has 0 unspecified atom stereocenters. The smallest absolute Gasteiger partial charge is 0.134 e. The van der Waals surface area contributed by atoms with Gasteiger partial charge in [0, 0.05) is 26.0 Å². The standard InChI is InChI=1S/C12H22N2O/c1-3-4-5-6-7-10-15-11-12-13-8-9-14(12)2/h8-9H,3-7,10-11H2,1-2H3. The van der Waals surface area contributed by atoms with Gasteiger partial charge in [0.2, 0.25) is 0 Å². The third-order valence-electron chi connectivity index (χ3n) is 2.54. The van der Waals surface area contributed by atoms with Crippen LogP contribution in [-0.2, 0) is 18.4 Å². The van der Waals surface area contributed by atoms with Crippen LogP contribution >= 0.6 is 0 Å². The lowest BCUT2D eigenvalue weighted by atomic mass is 10.2. The molecule has 15 heavy (non-hydrogen) atoms. The van der Waals surface area contributed by atoms with Crippen molar-refractivity contribution in [2.75, 3.05) is 6.61 Å². The Morgan fingerprint density at radius 3 is 2.73 bits per heavy atom. The first kappa shape index (κ1) is 12.2. The average Bonchev–Trinajstić information content (AvgIpc) is 2.63. The van der Waals surface area contributed by atoms with E-state index in [0.29, 0.717) is 6.61 Å². The molecule has 1 aromatic rings. The van der Waals surface area contributed by atoms with Crippen LogP contribution in [0.3, 0.4) is 0 Å². The predicted molar refractivity (Wildman–Crippen MR) is 61.6 cm³/mol. The molecule has 3 heteroatoms. The minimum absolute atomic E-state index is 0.636. The number of aryl methyl sites for hydroxylation is 1. The molecule has 0 saturated heterocycles. The molecule has 0 aliphatic carbocycles. The summed E-state index contributed by atoms with van der Waals surface area (Å²) in [5, 5.41) is 0. The highest BCUT2D eigenvalue weighted by molar-refractivity contribution is 4.88. The number of imidazole rings is 1. The van der Waals surface area contributed by atoms with Crippen LogP contribution in [0.4, 0.5) is 0 Å². The van der Waals surface area contributed by atoms with Gasteiger partial charge in [0.05, 0.1) is 0 Å². The number of ether oxygens (including phenoxy) is 1. The van der Waals surface area contributed by atoms with Crippen LogP contribution in [0.15, 0.2) is 12.4 Å². The van der Waals surface area contributed by atoms with Crippen LogP contribution in [0, 0.1) is 0 Å². The maximum atomic E-state index is 5.56. The first-order valence-electron chi connectivity index (χ1n) is 5.88. The fourth-order valence-electron chi connectivity index (χ4n) is 1.51. The van der Waals surface area contributed by atoms with Crippen molar-refractivity contribution in [1.82, 2.24) is 9.55 Å². The lowest BCUT2D eigenvalue weighted by Gasteiger charge is -2.04. The van der Waals surface area contributed by atoms with Gasteiger partial charge in [-0.25, -0.2) is 4.98 Å². The van der Waals surface area contributed by atoms with Crippen molar-refractivity contribution in [3.05, 3.63) is 18.2 Å². The predicted octanol–water partition coefficient (Wildman–Crippen LogP) is 2.91. The van der Waals surface area contributed by atoms with Gasteiger partial charge in [-0.15, -0.1) is 0 Å². The Morgan fingerprint density at radius 2 is 2.07 bits per heavy atom. The van der Waals surface area contributed by atoms with Gasteiger partial charge in [-0.05, 0) is 6.42 Å². The summed E-state index contributed by atoms with van der Waals surface area (Å²) in [5.41, 5.74) is 0.